The number of hydrogen-bond acceptors (Lipinski definition) is 4. The van der Waals surface area contributed by atoms with Gasteiger partial charge in [0.1, 0.15) is 6.04 Å². The Labute approximate surface area is 179 Å². The number of nitrogens with one attached hydrogen (secondary N) is 2. The summed E-state index contributed by atoms with van der Waals surface area (Å²) in [5.41, 5.74) is 6.27. The van der Waals surface area contributed by atoms with Crippen LogP contribution in [-0.4, -0.2) is 79.1 Å². The number of hydrogen-bond donors (Lipinski definition) is 3. The highest BCUT2D eigenvalue weighted by Gasteiger charge is 2.41. The Hall–Kier alpha value is -2.82. The van der Waals surface area contributed by atoms with Crippen molar-refractivity contribution < 1.29 is 22.8 Å². The number of piperazine rings is 1. The minimum Gasteiger partial charge on any atom is -0.368 e. The molecule has 31 heavy (non-hydrogen) atoms. The van der Waals surface area contributed by atoms with E-state index in [2.05, 4.69) is 15.6 Å². The van der Waals surface area contributed by atoms with Gasteiger partial charge in [-0.3, -0.25) is 14.5 Å². The third kappa shape index (κ3) is 7.42. The molecular weight excluding hydrogens is 413 g/mol. The van der Waals surface area contributed by atoms with Crippen LogP contribution in [0.4, 0.5) is 13.2 Å². The summed E-state index contributed by atoms with van der Waals surface area (Å²) in [4.78, 5) is 30.6. The second-order valence-corrected chi connectivity index (χ2v) is 7.26. The van der Waals surface area contributed by atoms with Crippen molar-refractivity contribution >= 4 is 17.8 Å². The number of carbonyl (C=O) groups is 2. The molecule has 172 valence electrons. The Balaban J connectivity index is 1.96. The zero-order valence-electron chi connectivity index (χ0n) is 17.7. The van der Waals surface area contributed by atoms with Gasteiger partial charge in [0, 0.05) is 38.3 Å². The van der Waals surface area contributed by atoms with Crippen molar-refractivity contribution in [3.8, 4) is 0 Å². The topological polar surface area (TPSA) is 103 Å². The number of nitrogens with zero attached hydrogens (tertiary/aromatic N) is 3. The summed E-state index contributed by atoms with van der Waals surface area (Å²) in [6, 6.07) is 5.31. The molecular formula is C20H29F3N6O2. The number of nitrogens with two attached hydrogens (primary N) is 1. The van der Waals surface area contributed by atoms with Crippen LogP contribution in [-0.2, 0) is 11.3 Å². The van der Waals surface area contributed by atoms with Crippen LogP contribution in [0.5, 0.6) is 0 Å². The van der Waals surface area contributed by atoms with E-state index >= 15 is 0 Å². The number of primary amides is 1. The molecule has 1 saturated heterocycles. The zero-order chi connectivity index (χ0) is 23.0. The lowest BCUT2D eigenvalue weighted by atomic mass is 10.1. The molecule has 0 aliphatic carbocycles. The summed E-state index contributed by atoms with van der Waals surface area (Å²) >= 11 is 0. The third-order valence-corrected chi connectivity index (χ3v) is 5.02. The molecule has 1 aliphatic heterocycles. The number of rotatable bonds is 7. The average Bonchev–Trinajstić information content (AvgIpc) is 2.74. The highest BCUT2D eigenvalue weighted by Crippen LogP contribution is 2.25. The maximum Gasteiger partial charge on any atom is 0.403 e. The first kappa shape index (κ1) is 24.4. The molecule has 1 atom stereocenters. The number of alkyl halides is 3. The lowest BCUT2D eigenvalue weighted by molar-refractivity contribution is -0.181. The Bertz CT molecular complexity index is 774. The number of halogens is 3. The summed E-state index contributed by atoms with van der Waals surface area (Å²) in [5, 5.41) is 5.60. The molecule has 1 aromatic rings. The van der Waals surface area contributed by atoms with Gasteiger partial charge in [-0.05, 0) is 31.5 Å². The lowest BCUT2D eigenvalue weighted by Crippen LogP contribution is -2.56. The van der Waals surface area contributed by atoms with Gasteiger partial charge in [0.25, 0.3) is 5.91 Å². The summed E-state index contributed by atoms with van der Waals surface area (Å²) < 4.78 is 38.8. The van der Waals surface area contributed by atoms with Gasteiger partial charge >= 0.3 is 6.18 Å². The van der Waals surface area contributed by atoms with Crippen LogP contribution in [0.15, 0.2) is 29.3 Å². The van der Waals surface area contributed by atoms with Gasteiger partial charge in [-0.1, -0.05) is 12.1 Å². The molecule has 1 aliphatic rings. The average molecular weight is 442 g/mol. The fraction of sp³-hybridized carbons (Fsp3) is 0.550. The number of aliphatic imine (C=N–C) groups is 1. The van der Waals surface area contributed by atoms with Gasteiger partial charge in [-0.15, -0.1) is 0 Å². The van der Waals surface area contributed by atoms with Crippen molar-refractivity contribution in [3.05, 3.63) is 35.4 Å². The molecule has 0 bridgehead atoms. The number of benzene rings is 1. The molecule has 0 saturated carbocycles. The molecule has 8 nitrogen and oxygen atoms in total. The molecule has 11 heteroatoms. The van der Waals surface area contributed by atoms with Gasteiger partial charge in [-0.25, -0.2) is 4.99 Å². The quantitative estimate of drug-likeness (QED) is 0.431. The van der Waals surface area contributed by atoms with Crippen LogP contribution in [0.25, 0.3) is 0 Å². The van der Waals surface area contributed by atoms with Crippen LogP contribution < -0.4 is 16.4 Å². The van der Waals surface area contributed by atoms with E-state index in [0.29, 0.717) is 50.8 Å². The second-order valence-electron chi connectivity index (χ2n) is 7.26. The first-order chi connectivity index (χ1) is 14.6. The van der Waals surface area contributed by atoms with Gasteiger partial charge < -0.3 is 21.3 Å². The summed E-state index contributed by atoms with van der Waals surface area (Å²) in [5.74, 6) is -0.373. The monoisotopic (exact) mass is 442 g/mol. The van der Waals surface area contributed by atoms with Crippen LogP contribution in [0.1, 0.15) is 29.8 Å². The fourth-order valence-corrected chi connectivity index (χ4v) is 3.15. The van der Waals surface area contributed by atoms with Crippen molar-refractivity contribution in [2.45, 2.75) is 32.6 Å². The first-order valence-corrected chi connectivity index (χ1v) is 10.1. The molecule has 2 rings (SSSR count). The van der Waals surface area contributed by atoms with Crippen LogP contribution in [0.2, 0.25) is 0 Å². The maximum atomic E-state index is 12.9. The van der Waals surface area contributed by atoms with Gasteiger partial charge in [0.15, 0.2) is 5.96 Å². The van der Waals surface area contributed by atoms with E-state index in [9.17, 15) is 22.8 Å². The molecule has 1 aromatic carbocycles. The Morgan fingerprint density at radius 3 is 2.26 bits per heavy atom. The second kappa shape index (κ2) is 11.0. The predicted octanol–water partition coefficient (Wildman–Crippen LogP) is 0.936. The van der Waals surface area contributed by atoms with E-state index in [0.717, 1.165) is 5.56 Å². The van der Waals surface area contributed by atoms with Crippen LogP contribution in [0.3, 0.4) is 0 Å². The molecule has 1 unspecified atom stereocenters. The molecule has 0 aromatic heterocycles. The highest BCUT2D eigenvalue weighted by molar-refractivity contribution is 5.96. The number of carbonyl (C=O) groups excluding carboxylic acids is 2. The molecule has 0 radical (unpaired) electrons. The molecule has 4 N–H and O–H groups in total. The minimum atomic E-state index is -4.23. The van der Waals surface area contributed by atoms with Crippen molar-refractivity contribution in [2.75, 3.05) is 39.3 Å². The summed E-state index contributed by atoms with van der Waals surface area (Å²) in [6.07, 6.45) is -4.23. The van der Waals surface area contributed by atoms with E-state index in [1.165, 1.54) is 11.8 Å². The molecule has 1 fully saturated rings. The van der Waals surface area contributed by atoms with Crippen molar-refractivity contribution in [2.24, 2.45) is 10.7 Å². The largest absolute Gasteiger partial charge is 0.403 e. The van der Waals surface area contributed by atoms with E-state index in [-0.39, 0.29) is 6.54 Å². The SMILES string of the molecule is CCNC(=NCc1ccc(C(=O)NCC(N)=O)cc1)N1CCN(C(C)C(F)(F)F)CC1. The Morgan fingerprint density at radius 2 is 1.74 bits per heavy atom. The van der Waals surface area contributed by atoms with Gasteiger partial charge in [-0.2, -0.15) is 13.2 Å². The first-order valence-electron chi connectivity index (χ1n) is 10.1. The van der Waals surface area contributed by atoms with Gasteiger partial charge in [0.05, 0.1) is 13.1 Å². The van der Waals surface area contributed by atoms with Crippen LogP contribution in [0, 0.1) is 0 Å². The normalized spacial score (nSPS) is 16.7. The van der Waals surface area contributed by atoms with E-state index in [1.54, 1.807) is 24.3 Å². The minimum absolute atomic E-state index is 0.230. The predicted molar refractivity (Wildman–Crippen MR) is 111 cm³/mol. The fourth-order valence-electron chi connectivity index (χ4n) is 3.15. The highest BCUT2D eigenvalue weighted by atomic mass is 19.4. The number of guanidine groups is 1. The van der Waals surface area contributed by atoms with Crippen molar-refractivity contribution in [3.63, 3.8) is 0 Å². The summed E-state index contributed by atoms with van der Waals surface area (Å²) in [6.45, 7) is 5.38. The van der Waals surface area contributed by atoms with E-state index < -0.39 is 24.0 Å². The molecule has 1 heterocycles. The number of amides is 2. The van der Waals surface area contributed by atoms with Crippen molar-refractivity contribution in [1.29, 1.82) is 0 Å². The lowest BCUT2D eigenvalue weighted by Gasteiger charge is -2.39. The maximum absolute atomic E-state index is 12.9. The smallest absolute Gasteiger partial charge is 0.368 e. The standard InChI is InChI=1S/C20H29F3N6O2/c1-3-25-19(29-10-8-28(9-11-29)14(2)20(21,22)23)27-12-15-4-6-16(7-5-15)18(31)26-13-17(24)30/h4-7,14H,3,8-13H2,1-2H3,(H2,24,30)(H,25,27)(H,26,31). The Kier molecular flexibility index (Phi) is 8.66. The zero-order valence-corrected chi connectivity index (χ0v) is 17.7. The van der Waals surface area contributed by atoms with E-state index in [1.807, 2.05) is 11.8 Å². The Morgan fingerprint density at radius 1 is 1.13 bits per heavy atom. The summed E-state index contributed by atoms with van der Waals surface area (Å²) in [7, 11) is 0. The molecule has 2 amide bonds. The van der Waals surface area contributed by atoms with Crippen molar-refractivity contribution in [1.82, 2.24) is 20.4 Å². The van der Waals surface area contributed by atoms with Crippen LogP contribution >= 0.6 is 0 Å². The van der Waals surface area contributed by atoms with E-state index in [4.69, 9.17) is 5.73 Å². The molecule has 0 spiro atoms. The van der Waals surface area contributed by atoms with Gasteiger partial charge in [0.2, 0.25) is 5.91 Å². The third-order valence-electron chi connectivity index (χ3n) is 5.02.